The van der Waals surface area contributed by atoms with Crippen LogP contribution in [0.2, 0.25) is 5.02 Å². The van der Waals surface area contributed by atoms with E-state index in [1.807, 2.05) is 24.3 Å². The molecule has 0 aliphatic carbocycles. The van der Waals surface area contributed by atoms with E-state index in [1.54, 1.807) is 42.5 Å². The Hall–Kier alpha value is -3.62. The van der Waals surface area contributed by atoms with Gasteiger partial charge in [0.15, 0.2) is 0 Å². The second-order valence-corrected chi connectivity index (χ2v) is 10.0. The maximum absolute atomic E-state index is 13.0. The summed E-state index contributed by atoms with van der Waals surface area (Å²) >= 11 is 6.08. The Bertz CT molecular complexity index is 1440. The van der Waals surface area contributed by atoms with Crippen molar-refractivity contribution in [3.05, 3.63) is 89.4 Å². The van der Waals surface area contributed by atoms with Gasteiger partial charge in [-0.3, -0.25) is 0 Å². The molecular weight excluding hydrogens is 472 g/mol. The first-order chi connectivity index (χ1) is 16.2. The van der Waals surface area contributed by atoms with Gasteiger partial charge in [-0.2, -0.15) is 4.98 Å². The van der Waals surface area contributed by atoms with Crippen LogP contribution in [-0.4, -0.2) is 18.4 Å². The average molecular weight is 495 g/mol. The lowest BCUT2D eigenvalue weighted by atomic mass is 9.95. The van der Waals surface area contributed by atoms with Crippen LogP contribution in [-0.2, 0) is 10.0 Å². The molecule has 0 radical (unpaired) electrons. The molecule has 0 bridgehead atoms. The van der Waals surface area contributed by atoms with Crippen molar-refractivity contribution in [1.29, 1.82) is 0 Å². The van der Waals surface area contributed by atoms with Crippen LogP contribution in [0.1, 0.15) is 25.3 Å². The average Bonchev–Trinajstić information content (AvgIpc) is 2.78. The molecule has 34 heavy (non-hydrogen) atoms. The first kappa shape index (κ1) is 23.5. The largest absolute Gasteiger partial charge is 0.439 e. The third kappa shape index (κ3) is 5.47. The lowest BCUT2D eigenvalue weighted by Gasteiger charge is -2.15. The number of nitrogen functional groups attached to an aromatic ring is 1. The summed E-state index contributed by atoms with van der Waals surface area (Å²) in [4.78, 5) is 8.80. The summed E-state index contributed by atoms with van der Waals surface area (Å²) in [5.74, 6) is 0.710. The Kier molecular flexibility index (Phi) is 6.72. The van der Waals surface area contributed by atoms with E-state index in [-0.39, 0.29) is 22.6 Å². The topological polar surface area (TPSA) is 107 Å². The number of benzene rings is 3. The normalized spacial score (nSPS) is 11.4. The molecule has 0 amide bonds. The molecule has 3 aromatic carbocycles. The zero-order valence-corrected chi connectivity index (χ0v) is 20.1. The number of halogens is 1. The third-order valence-corrected chi connectivity index (χ3v) is 6.53. The number of hydrogen-bond acceptors (Lipinski definition) is 6. The van der Waals surface area contributed by atoms with Crippen LogP contribution in [0.5, 0.6) is 11.6 Å². The first-order valence-electron chi connectivity index (χ1n) is 10.5. The second-order valence-electron chi connectivity index (χ2n) is 7.89. The molecule has 1 aromatic heterocycles. The summed E-state index contributed by atoms with van der Waals surface area (Å²) in [6.07, 6.45) is 0. The Morgan fingerprint density at radius 1 is 0.941 bits per heavy atom. The highest BCUT2D eigenvalue weighted by Gasteiger charge is 2.19. The molecule has 3 N–H and O–H groups in total. The second kappa shape index (κ2) is 9.70. The molecule has 0 aliphatic heterocycles. The van der Waals surface area contributed by atoms with Gasteiger partial charge in [0, 0.05) is 22.3 Å². The predicted molar refractivity (Wildman–Crippen MR) is 135 cm³/mol. The first-order valence-corrected chi connectivity index (χ1v) is 12.4. The van der Waals surface area contributed by atoms with Gasteiger partial charge in [-0.15, -0.1) is 0 Å². The smallest absolute Gasteiger partial charge is 0.264 e. The van der Waals surface area contributed by atoms with Crippen molar-refractivity contribution in [3.8, 4) is 22.9 Å². The van der Waals surface area contributed by atoms with Crippen molar-refractivity contribution < 1.29 is 13.2 Å². The quantitative estimate of drug-likeness (QED) is 0.301. The Morgan fingerprint density at radius 2 is 1.71 bits per heavy atom. The van der Waals surface area contributed by atoms with Crippen molar-refractivity contribution in [2.24, 2.45) is 0 Å². The molecular formula is C25H23ClN4O3S. The summed E-state index contributed by atoms with van der Waals surface area (Å²) in [7, 11) is -3.99. The molecule has 174 valence electrons. The van der Waals surface area contributed by atoms with E-state index in [9.17, 15) is 8.42 Å². The zero-order valence-electron chi connectivity index (χ0n) is 18.6. The highest BCUT2D eigenvalue weighted by molar-refractivity contribution is 7.92. The molecule has 1 heterocycles. The number of hydrogen-bond donors (Lipinski definition) is 2. The molecule has 4 rings (SSSR count). The fourth-order valence-electron chi connectivity index (χ4n) is 3.41. The third-order valence-electron chi connectivity index (χ3n) is 4.97. The highest BCUT2D eigenvalue weighted by atomic mass is 35.5. The van der Waals surface area contributed by atoms with Crippen molar-refractivity contribution in [2.45, 2.75) is 24.7 Å². The van der Waals surface area contributed by atoms with Crippen molar-refractivity contribution in [3.63, 3.8) is 0 Å². The standard InChI is InChI=1S/C25H23ClN4O3S/c1-16(2)21-11-3-4-12-22(21)23-15-24(33-19-9-5-7-17(26)13-19)29-25(28-23)30-34(31,32)20-10-6-8-18(27)14-20/h3-16H,27H2,1-2H3,(H,28,29,30). The molecule has 4 aromatic rings. The fraction of sp³-hybridized carbons (Fsp3) is 0.120. The number of sulfonamides is 1. The van der Waals surface area contributed by atoms with Gasteiger partial charge in [0.2, 0.25) is 11.8 Å². The Labute approximate surface area is 203 Å². The molecule has 0 aliphatic rings. The van der Waals surface area contributed by atoms with Gasteiger partial charge >= 0.3 is 0 Å². The Balaban J connectivity index is 1.80. The van der Waals surface area contributed by atoms with Crippen molar-refractivity contribution in [2.75, 3.05) is 10.5 Å². The molecule has 0 saturated heterocycles. The number of nitrogens with zero attached hydrogens (tertiary/aromatic N) is 2. The van der Waals surface area contributed by atoms with E-state index in [1.165, 1.54) is 12.1 Å². The number of ether oxygens (including phenoxy) is 1. The monoisotopic (exact) mass is 494 g/mol. The van der Waals surface area contributed by atoms with Crippen LogP contribution < -0.4 is 15.2 Å². The number of aromatic nitrogens is 2. The van der Waals surface area contributed by atoms with Gasteiger partial charge in [-0.1, -0.05) is 61.8 Å². The van der Waals surface area contributed by atoms with Gasteiger partial charge in [-0.25, -0.2) is 18.1 Å². The number of nitrogens with two attached hydrogens (primary N) is 1. The van der Waals surface area contributed by atoms with Gasteiger partial charge < -0.3 is 10.5 Å². The zero-order chi connectivity index (χ0) is 24.3. The minimum Gasteiger partial charge on any atom is -0.439 e. The Morgan fingerprint density at radius 3 is 2.44 bits per heavy atom. The number of nitrogens with one attached hydrogen (secondary N) is 1. The van der Waals surface area contributed by atoms with Crippen LogP contribution >= 0.6 is 11.6 Å². The maximum Gasteiger partial charge on any atom is 0.264 e. The molecule has 0 unspecified atom stereocenters. The van der Waals surface area contributed by atoms with Crippen molar-refractivity contribution in [1.82, 2.24) is 9.97 Å². The number of anilines is 2. The van der Waals surface area contributed by atoms with E-state index in [2.05, 4.69) is 28.5 Å². The van der Waals surface area contributed by atoms with Crippen LogP contribution in [0.15, 0.2) is 83.8 Å². The number of rotatable bonds is 7. The fourth-order valence-corrected chi connectivity index (χ4v) is 4.59. The maximum atomic E-state index is 13.0. The molecule has 0 atom stereocenters. The van der Waals surface area contributed by atoms with Gasteiger partial charge in [-0.05, 0) is 47.9 Å². The predicted octanol–water partition coefficient (Wildman–Crippen LogP) is 6.10. The summed E-state index contributed by atoms with van der Waals surface area (Å²) in [5.41, 5.74) is 8.51. The lowest BCUT2D eigenvalue weighted by molar-refractivity contribution is 0.463. The molecule has 0 saturated carbocycles. The molecule has 0 fully saturated rings. The van der Waals surface area contributed by atoms with E-state index >= 15 is 0 Å². The minimum absolute atomic E-state index is 0.00129. The van der Waals surface area contributed by atoms with Crippen LogP contribution in [0.25, 0.3) is 11.3 Å². The minimum atomic E-state index is -3.99. The van der Waals surface area contributed by atoms with E-state index in [0.29, 0.717) is 22.2 Å². The SMILES string of the molecule is CC(C)c1ccccc1-c1cc(Oc2cccc(Cl)c2)nc(NS(=O)(=O)c2cccc(N)c2)n1. The summed E-state index contributed by atoms with van der Waals surface area (Å²) in [5, 5.41) is 0.500. The van der Waals surface area contributed by atoms with Crippen molar-refractivity contribution >= 4 is 33.3 Å². The highest BCUT2D eigenvalue weighted by Crippen LogP contribution is 2.32. The molecule has 7 nitrogen and oxygen atoms in total. The summed E-state index contributed by atoms with van der Waals surface area (Å²) in [6, 6.07) is 22.3. The lowest BCUT2D eigenvalue weighted by Crippen LogP contribution is -2.16. The molecule has 9 heteroatoms. The van der Waals surface area contributed by atoms with Crippen LogP contribution in [0.3, 0.4) is 0 Å². The van der Waals surface area contributed by atoms with Crippen LogP contribution in [0, 0.1) is 0 Å². The summed E-state index contributed by atoms with van der Waals surface area (Å²) < 4.78 is 34.3. The van der Waals surface area contributed by atoms with Gasteiger partial charge in [0.05, 0.1) is 10.6 Å². The van der Waals surface area contributed by atoms with Gasteiger partial charge in [0.1, 0.15) is 5.75 Å². The van der Waals surface area contributed by atoms with E-state index < -0.39 is 10.0 Å². The molecule has 0 spiro atoms. The summed E-state index contributed by atoms with van der Waals surface area (Å²) in [6.45, 7) is 4.15. The van der Waals surface area contributed by atoms with E-state index in [4.69, 9.17) is 22.1 Å². The van der Waals surface area contributed by atoms with E-state index in [0.717, 1.165) is 11.1 Å². The van der Waals surface area contributed by atoms with Gasteiger partial charge in [0.25, 0.3) is 10.0 Å². The van der Waals surface area contributed by atoms with Crippen LogP contribution in [0.4, 0.5) is 11.6 Å².